The maximum Gasteiger partial charge on any atom is 0.319 e. The van der Waals surface area contributed by atoms with Crippen molar-refractivity contribution in [3.05, 3.63) is 36.0 Å². The van der Waals surface area contributed by atoms with Crippen molar-refractivity contribution in [2.45, 2.75) is 24.7 Å². The molecule has 1 aliphatic carbocycles. The monoisotopic (exact) mass is 475 g/mol. The minimum absolute atomic E-state index is 0.0904. The van der Waals surface area contributed by atoms with Crippen LogP contribution in [-0.2, 0) is 20.9 Å². The number of urea groups is 1. The number of anilines is 2. The molecule has 178 valence electrons. The van der Waals surface area contributed by atoms with Gasteiger partial charge in [-0.25, -0.2) is 23.2 Å². The second-order valence-corrected chi connectivity index (χ2v) is 9.32. The fourth-order valence-corrected chi connectivity index (χ4v) is 5.16. The molecule has 10 nitrogen and oxygen atoms in total. The molecule has 33 heavy (non-hydrogen) atoms. The summed E-state index contributed by atoms with van der Waals surface area (Å²) >= 11 is 0. The van der Waals surface area contributed by atoms with Crippen molar-refractivity contribution in [1.82, 2.24) is 15.3 Å². The first kappa shape index (κ1) is 23.4. The van der Waals surface area contributed by atoms with Gasteiger partial charge in [-0.1, -0.05) is 6.42 Å². The molecule has 0 spiro atoms. The summed E-state index contributed by atoms with van der Waals surface area (Å²) in [6, 6.07) is 8.70. The number of aromatic nitrogens is 2. The Labute approximate surface area is 194 Å². The van der Waals surface area contributed by atoms with Crippen LogP contribution in [0.15, 0.2) is 30.3 Å². The first-order valence-electron chi connectivity index (χ1n) is 11.1. The van der Waals surface area contributed by atoms with Crippen molar-refractivity contribution in [1.29, 1.82) is 0 Å². The van der Waals surface area contributed by atoms with Gasteiger partial charge in [0.2, 0.25) is 0 Å². The lowest BCUT2D eigenvalue weighted by atomic mass is 9.68. The number of hydrogen-bond acceptors (Lipinski definition) is 8. The van der Waals surface area contributed by atoms with E-state index in [9.17, 15) is 13.2 Å². The zero-order valence-electron chi connectivity index (χ0n) is 18.3. The van der Waals surface area contributed by atoms with Gasteiger partial charge in [0.1, 0.15) is 16.5 Å². The standard InChI is InChI=1S/C22H29N5O5S/c28-11-8-23-21(29)24-17-4-2-16(3-5-17)20-25-18(22(6-1-7-22)15-33(30)31)14-19(26-20)27-9-12-32-13-10-27/h2-5,14,28,33H,1,6-13,15H2,(H2,23,24,29). The number of aliphatic hydroxyl groups is 1. The number of rotatable bonds is 8. The molecular formula is C22H29N5O5S. The van der Waals surface area contributed by atoms with E-state index in [1.807, 2.05) is 18.2 Å². The van der Waals surface area contributed by atoms with Gasteiger partial charge in [0.15, 0.2) is 5.82 Å². The Hall–Kier alpha value is -2.76. The normalized spacial score (nSPS) is 17.5. The molecule has 1 saturated heterocycles. The van der Waals surface area contributed by atoms with E-state index in [4.69, 9.17) is 19.8 Å². The van der Waals surface area contributed by atoms with Crippen LogP contribution in [0.2, 0.25) is 0 Å². The Morgan fingerprint density at radius 2 is 1.88 bits per heavy atom. The lowest BCUT2D eigenvalue weighted by molar-refractivity contribution is 0.122. The molecule has 1 aromatic heterocycles. The van der Waals surface area contributed by atoms with Crippen LogP contribution in [0.5, 0.6) is 0 Å². The summed E-state index contributed by atoms with van der Waals surface area (Å²) in [5.41, 5.74) is 1.68. The highest BCUT2D eigenvalue weighted by atomic mass is 32.2. The molecule has 2 amide bonds. The third-order valence-electron chi connectivity index (χ3n) is 6.13. The molecule has 0 radical (unpaired) electrons. The van der Waals surface area contributed by atoms with Crippen molar-refractivity contribution < 1.29 is 23.1 Å². The molecule has 2 fully saturated rings. The summed E-state index contributed by atoms with van der Waals surface area (Å²) in [6.45, 7) is 2.70. The minimum atomic E-state index is -2.53. The first-order chi connectivity index (χ1) is 16.0. The van der Waals surface area contributed by atoms with Crippen LogP contribution < -0.4 is 15.5 Å². The lowest BCUT2D eigenvalue weighted by Gasteiger charge is -2.40. The zero-order valence-corrected chi connectivity index (χ0v) is 19.2. The maximum absolute atomic E-state index is 11.8. The highest BCUT2D eigenvalue weighted by Gasteiger charge is 2.41. The molecule has 3 N–H and O–H groups in total. The summed E-state index contributed by atoms with van der Waals surface area (Å²) in [7, 11) is -2.53. The number of benzene rings is 1. The van der Waals surface area contributed by atoms with Crippen LogP contribution in [0.4, 0.5) is 16.3 Å². The number of aliphatic hydroxyl groups excluding tert-OH is 1. The molecule has 0 atom stereocenters. The second-order valence-electron chi connectivity index (χ2n) is 8.34. The summed E-state index contributed by atoms with van der Waals surface area (Å²) in [6.07, 6.45) is 2.57. The highest BCUT2D eigenvalue weighted by molar-refractivity contribution is 7.72. The highest BCUT2D eigenvalue weighted by Crippen LogP contribution is 2.44. The number of thiol groups is 1. The molecule has 2 aliphatic rings. The van der Waals surface area contributed by atoms with Crippen molar-refractivity contribution in [3.63, 3.8) is 0 Å². The van der Waals surface area contributed by atoms with Gasteiger partial charge >= 0.3 is 6.03 Å². The van der Waals surface area contributed by atoms with E-state index in [1.165, 1.54) is 0 Å². The molecule has 1 saturated carbocycles. The molecule has 11 heteroatoms. The summed E-state index contributed by atoms with van der Waals surface area (Å²) < 4.78 is 28.7. The Morgan fingerprint density at radius 3 is 2.48 bits per heavy atom. The third-order valence-corrected chi connectivity index (χ3v) is 7.00. The number of hydrogen-bond donors (Lipinski definition) is 4. The molecule has 2 aromatic rings. The Morgan fingerprint density at radius 1 is 1.15 bits per heavy atom. The predicted octanol–water partition coefficient (Wildman–Crippen LogP) is 1.13. The number of amides is 2. The van der Waals surface area contributed by atoms with Gasteiger partial charge in [-0.05, 0) is 37.1 Å². The average molecular weight is 476 g/mol. The van der Waals surface area contributed by atoms with E-state index in [0.29, 0.717) is 37.8 Å². The van der Waals surface area contributed by atoms with Gasteiger partial charge in [0.05, 0.1) is 31.3 Å². The molecule has 0 unspecified atom stereocenters. The number of nitrogens with one attached hydrogen (secondary N) is 2. The minimum Gasteiger partial charge on any atom is -0.395 e. The topological polar surface area (TPSA) is 134 Å². The number of ether oxygens (including phenoxy) is 1. The van der Waals surface area contributed by atoms with Crippen molar-refractivity contribution in [3.8, 4) is 11.4 Å². The van der Waals surface area contributed by atoms with Crippen LogP contribution in [0.1, 0.15) is 25.0 Å². The second kappa shape index (κ2) is 10.4. The smallest absolute Gasteiger partial charge is 0.319 e. The lowest BCUT2D eigenvalue weighted by Crippen LogP contribution is -2.41. The summed E-state index contributed by atoms with van der Waals surface area (Å²) in [5.74, 6) is 1.39. The third kappa shape index (κ3) is 5.60. The van der Waals surface area contributed by atoms with Crippen molar-refractivity contribution in [2.24, 2.45) is 0 Å². The molecule has 1 aromatic carbocycles. The average Bonchev–Trinajstić information content (AvgIpc) is 2.80. The van der Waals surface area contributed by atoms with E-state index in [2.05, 4.69) is 15.5 Å². The van der Waals surface area contributed by atoms with Gasteiger partial charge in [-0.3, -0.25) is 0 Å². The Kier molecular flexibility index (Phi) is 7.41. The van der Waals surface area contributed by atoms with E-state index in [-0.39, 0.29) is 18.9 Å². The quantitative estimate of drug-likeness (QED) is 0.418. The van der Waals surface area contributed by atoms with Crippen LogP contribution in [0.3, 0.4) is 0 Å². The van der Waals surface area contributed by atoms with Gasteiger partial charge in [0.25, 0.3) is 0 Å². The predicted molar refractivity (Wildman–Crippen MR) is 125 cm³/mol. The van der Waals surface area contributed by atoms with E-state index < -0.39 is 22.2 Å². The van der Waals surface area contributed by atoms with Gasteiger partial charge in [-0.2, -0.15) is 0 Å². The molecule has 4 rings (SSSR count). The molecular weight excluding hydrogens is 446 g/mol. The largest absolute Gasteiger partial charge is 0.395 e. The van der Waals surface area contributed by atoms with Gasteiger partial charge in [0, 0.05) is 42.4 Å². The SMILES string of the molecule is O=C(NCCO)Nc1ccc(-c2nc(N3CCOCC3)cc(C3(C[SH](=O)=O)CCC3)n2)cc1. The number of morpholine rings is 1. The van der Waals surface area contributed by atoms with Crippen LogP contribution >= 0.6 is 0 Å². The number of carbonyl (C=O) groups is 1. The van der Waals surface area contributed by atoms with Gasteiger partial charge < -0.3 is 25.4 Å². The maximum atomic E-state index is 11.8. The first-order valence-corrected chi connectivity index (χ1v) is 12.5. The van der Waals surface area contributed by atoms with Crippen LogP contribution in [-0.4, -0.2) is 74.7 Å². The number of carbonyl (C=O) groups excluding carboxylic acids is 1. The van der Waals surface area contributed by atoms with E-state index in [0.717, 1.165) is 36.3 Å². The van der Waals surface area contributed by atoms with Crippen LogP contribution in [0.25, 0.3) is 11.4 Å². The fourth-order valence-electron chi connectivity index (χ4n) is 4.18. The molecule has 1 aliphatic heterocycles. The van der Waals surface area contributed by atoms with Crippen molar-refractivity contribution >= 4 is 28.2 Å². The summed E-state index contributed by atoms with van der Waals surface area (Å²) in [4.78, 5) is 23.6. The Bertz CT molecular complexity index is 1040. The van der Waals surface area contributed by atoms with E-state index >= 15 is 0 Å². The van der Waals surface area contributed by atoms with Gasteiger partial charge in [-0.15, -0.1) is 0 Å². The molecule has 2 heterocycles. The van der Waals surface area contributed by atoms with Crippen molar-refractivity contribution in [2.75, 3.05) is 55.4 Å². The fraction of sp³-hybridized carbons (Fsp3) is 0.500. The van der Waals surface area contributed by atoms with E-state index in [1.54, 1.807) is 12.1 Å². The number of nitrogens with zero attached hydrogens (tertiary/aromatic N) is 3. The Balaban J connectivity index is 1.64. The molecule has 0 bridgehead atoms. The summed E-state index contributed by atoms with van der Waals surface area (Å²) in [5, 5.41) is 14.0. The van der Waals surface area contributed by atoms with Crippen LogP contribution in [0, 0.1) is 0 Å². The zero-order chi connectivity index (χ0) is 23.3.